The Morgan fingerprint density at radius 3 is 2.64 bits per heavy atom. The van der Waals surface area contributed by atoms with E-state index in [1.165, 1.54) is 44.3 Å². The predicted molar refractivity (Wildman–Crippen MR) is 138 cm³/mol. The maximum Gasteiger partial charge on any atom is 0.527 e. The van der Waals surface area contributed by atoms with E-state index in [1.54, 1.807) is 0 Å². The number of nitrogens with one attached hydrogen (secondary N) is 2. The van der Waals surface area contributed by atoms with E-state index in [1.807, 2.05) is 0 Å². The van der Waals surface area contributed by atoms with Crippen LogP contribution in [0, 0.1) is 6.92 Å². The third-order valence-corrected chi connectivity index (χ3v) is 6.48. The van der Waals surface area contributed by atoms with Crippen molar-refractivity contribution >= 4 is 32.0 Å². The molecule has 212 valence electrons. The molecule has 1 aliphatic heterocycles. The summed E-state index contributed by atoms with van der Waals surface area (Å²) < 4.78 is 29.5. The van der Waals surface area contributed by atoms with Gasteiger partial charge in [0.15, 0.2) is 0 Å². The summed E-state index contributed by atoms with van der Waals surface area (Å²) in [4.78, 5) is 61.6. The van der Waals surface area contributed by atoms with Crippen LogP contribution < -0.4 is 26.8 Å². The van der Waals surface area contributed by atoms with Gasteiger partial charge in [0.1, 0.15) is 18.0 Å². The highest BCUT2D eigenvalue weighted by atomic mass is 35.5. The number of ether oxygens (including phenoxy) is 1. The maximum absolute atomic E-state index is 12.5. The number of halogens is 1. The number of benzene rings is 1. The number of aromatic nitrogens is 2. The lowest BCUT2D eigenvalue weighted by Gasteiger charge is -2.19. The van der Waals surface area contributed by atoms with E-state index >= 15 is 0 Å². The van der Waals surface area contributed by atoms with E-state index in [2.05, 4.69) is 20.3 Å². The van der Waals surface area contributed by atoms with Gasteiger partial charge in [-0.15, -0.1) is 12.4 Å². The number of amides is 2. The number of rotatable bonds is 11. The molecule has 0 radical (unpaired) electrons. The summed E-state index contributed by atoms with van der Waals surface area (Å²) in [7, 11) is -4.67. The van der Waals surface area contributed by atoms with Crippen LogP contribution in [-0.2, 0) is 29.8 Å². The molecule has 5 atom stereocenters. The molecule has 1 saturated heterocycles. The number of aromatic amines is 1. The summed E-state index contributed by atoms with van der Waals surface area (Å²) in [6, 6.07) is 3.98. The number of aryl methyl sites for hydroxylation is 1. The number of hydrogen-bond acceptors (Lipinski definition) is 9. The molecule has 16 nitrogen and oxygen atoms in total. The van der Waals surface area contributed by atoms with Gasteiger partial charge >= 0.3 is 13.5 Å². The molecule has 2 amide bonds. The van der Waals surface area contributed by atoms with Gasteiger partial charge in [-0.2, -0.15) is 0 Å². The fourth-order valence-electron chi connectivity index (χ4n) is 3.74. The fraction of sp³-hybridized carbons (Fsp3) is 0.429. The first kappa shape index (κ1) is 31.6. The molecular weight excluding hydrogens is 561 g/mol. The average molecular weight is 588 g/mol. The van der Waals surface area contributed by atoms with Crippen LogP contribution in [0.25, 0.3) is 10.4 Å². The summed E-state index contributed by atoms with van der Waals surface area (Å²) in [5.74, 6) is -1.17. The minimum atomic E-state index is -4.67. The van der Waals surface area contributed by atoms with E-state index in [0.717, 1.165) is 4.57 Å². The van der Waals surface area contributed by atoms with Crippen molar-refractivity contribution in [2.45, 2.75) is 51.1 Å². The van der Waals surface area contributed by atoms with Gasteiger partial charge in [0, 0.05) is 36.4 Å². The number of carbonyl (C=O) groups is 2. The number of phosphoric ester groups is 1. The third kappa shape index (κ3) is 8.68. The quantitative estimate of drug-likeness (QED) is 0.126. The number of hydrogen-bond donors (Lipinski definition) is 4. The van der Waals surface area contributed by atoms with Gasteiger partial charge < -0.3 is 20.3 Å². The van der Waals surface area contributed by atoms with Crippen LogP contribution in [0.3, 0.4) is 0 Å². The molecule has 0 bridgehead atoms. The molecule has 2 aromatic rings. The van der Waals surface area contributed by atoms with Gasteiger partial charge in [0.25, 0.3) is 5.56 Å². The second-order valence-electron chi connectivity index (χ2n) is 8.47. The van der Waals surface area contributed by atoms with Crippen molar-refractivity contribution in [1.82, 2.24) is 14.9 Å². The van der Waals surface area contributed by atoms with Crippen molar-refractivity contribution in [1.29, 1.82) is 0 Å². The minimum Gasteiger partial charge on any atom is -0.404 e. The van der Waals surface area contributed by atoms with E-state index in [0.29, 0.717) is 5.56 Å². The zero-order valence-electron chi connectivity index (χ0n) is 20.8. The third-order valence-electron chi connectivity index (χ3n) is 5.57. The summed E-state index contributed by atoms with van der Waals surface area (Å²) in [5.41, 5.74) is 13.7. The first-order valence-electron chi connectivity index (χ1n) is 11.2. The second-order valence-corrected chi connectivity index (χ2v) is 9.85. The first-order chi connectivity index (χ1) is 17.9. The number of primary amides is 1. The van der Waals surface area contributed by atoms with Crippen molar-refractivity contribution in [3.05, 3.63) is 72.9 Å². The largest absolute Gasteiger partial charge is 0.527 e. The van der Waals surface area contributed by atoms with Crippen LogP contribution in [0.2, 0.25) is 0 Å². The number of phosphoric acid groups is 1. The highest BCUT2D eigenvalue weighted by Gasteiger charge is 2.38. The van der Waals surface area contributed by atoms with Gasteiger partial charge in [-0.3, -0.25) is 33.4 Å². The zero-order valence-corrected chi connectivity index (χ0v) is 22.5. The molecule has 0 saturated carbocycles. The molecule has 1 aliphatic rings. The van der Waals surface area contributed by atoms with Crippen LogP contribution in [0.4, 0.5) is 0 Å². The second kappa shape index (κ2) is 13.4. The Morgan fingerprint density at radius 1 is 1.38 bits per heavy atom. The van der Waals surface area contributed by atoms with E-state index in [9.17, 15) is 28.6 Å². The molecule has 3 rings (SSSR count). The van der Waals surface area contributed by atoms with Crippen LogP contribution in [0.1, 0.15) is 30.7 Å². The molecule has 1 fully saturated rings. The molecular formula is C21H27ClN7O9P. The lowest BCUT2D eigenvalue weighted by atomic mass is 10.1. The number of nitrogens with zero attached hydrogens (tertiary/aromatic N) is 4. The van der Waals surface area contributed by atoms with Gasteiger partial charge in [-0.05, 0) is 30.2 Å². The Kier molecular flexibility index (Phi) is 10.9. The molecule has 18 heteroatoms. The molecule has 2 heterocycles. The predicted octanol–water partition coefficient (Wildman–Crippen LogP) is 0.962. The smallest absolute Gasteiger partial charge is 0.404 e. The first-order valence-corrected chi connectivity index (χ1v) is 12.7. The Balaban J connectivity index is 0.00000533. The Bertz CT molecular complexity index is 1410. The number of H-pyrrole nitrogens is 1. The molecule has 1 aromatic carbocycles. The normalized spacial score (nSPS) is 20.5. The van der Waals surface area contributed by atoms with Crippen LogP contribution >= 0.6 is 20.2 Å². The molecule has 0 spiro atoms. The monoisotopic (exact) mass is 587 g/mol. The number of nitrogens with two attached hydrogens (primary N) is 1. The molecule has 1 unspecified atom stereocenters. The SMILES string of the molecule is CC(=O)N[C@@H](Cc1ccc(OP(=O)(O)OC[C@H]2O[C@@H](n3cc(C)c(=O)[nH]c3=O)C[C@@H]2N=[N+]=[N-])cc1)C(N)=O.Cl. The van der Waals surface area contributed by atoms with Crippen molar-refractivity contribution in [3.63, 3.8) is 0 Å². The topological polar surface area (TPSA) is 241 Å². The molecule has 1 aromatic heterocycles. The number of azide groups is 1. The summed E-state index contributed by atoms with van der Waals surface area (Å²) in [6.07, 6.45) is -0.474. The van der Waals surface area contributed by atoms with E-state index in [4.69, 9.17) is 25.0 Å². The molecule has 0 aliphatic carbocycles. The Labute approximate surface area is 227 Å². The lowest BCUT2D eigenvalue weighted by Crippen LogP contribution is -2.44. The van der Waals surface area contributed by atoms with Crippen LogP contribution in [0.15, 0.2) is 45.2 Å². The summed E-state index contributed by atoms with van der Waals surface area (Å²) in [5, 5.41) is 6.05. The van der Waals surface area contributed by atoms with E-state index < -0.39 is 61.9 Å². The van der Waals surface area contributed by atoms with Crippen molar-refractivity contribution in [2.24, 2.45) is 10.8 Å². The highest BCUT2D eigenvalue weighted by Crippen LogP contribution is 2.45. The zero-order chi connectivity index (χ0) is 28.0. The standard InChI is InChI=1S/C21H26N7O9P.ClH/c1-11-9-28(21(32)25-20(11)31)18-8-15(26-27-23)17(36-18)10-35-38(33,34)37-14-5-3-13(4-6-14)7-16(19(22)30)24-12(2)29;/h3-6,9,15-18H,7-8,10H2,1-2H3,(H2,22,30)(H,24,29)(H,33,34)(H,25,31,32);1H/t15-,16-,17+,18+;/m0./s1. The van der Waals surface area contributed by atoms with Crippen LogP contribution in [0.5, 0.6) is 5.75 Å². The van der Waals surface area contributed by atoms with E-state index in [-0.39, 0.29) is 36.6 Å². The average Bonchev–Trinajstić information content (AvgIpc) is 3.23. The number of carbonyl (C=O) groups excluding carboxylic acids is 2. The van der Waals surface area contributed by atoms with Gasteiger partial charge in [-0.1, -0.05) is 17.2 Å². The highest BCUT2D eigenvalue weighted by molar-refractivity contribution is 7.47. The fourth-order valence-corrected chi connectivity index (χ4v) is 4.52. The van der Waals surface area contributed by atoms with Crippen LogP contribution in [-0.4, -0.2) is 51.1 Å². The Hall–Kier alpha value is -3.65. The van der Waals surface area contributed by atoms with Gasteiger partial charge in [-0.25, -0.2) is 9.36 Å². The lowest BCUT2D eigenvalue weighted by molar-refractivity contribution is -0.126. The summed E-state index contributed by atoms with van der Waals surface area (Å²) >= 11 is 0. The summed E-state index contributed by atoms with van der Waals surface area (Å²) in [6.45, 7) is 2.24. The van der Waals surface area contributed by atoms with Crippen molar-refractivity contribution < 1.29 is 32.8 Å². The van der Waals surface area contributed by atoms with Crippen molar-refractivity contribution in [2.75, 3.05) is 6.61 Å². The molecule has 39 heavy (non-hydrogen) atoms. The molecule has 5 N–H and O–H groups in total. The van der Waals surface area contributed by atoms with Gasteiger partial charge in [0.05, 0.1) is 18.8 Å². The minimum absolute atomic E-state index is 0. The Morgan fingerprint density at radius 2 is 2.05 bits per heavy atom. The van der Waals surface area contributed by atoms with Gasteiger partial charge in [0.2, 0.25) is 11.8 Å². The van der Waals surface area contributed by atoms with Crippen molar-refractivity contribution in [3.8, 4) is 5.75 Å². The maximum atomic E-state index is 12.5.